The first-order valence-corrected chi connectivity index (χ1v) is 6.17. The van der Waals surface area contributed by atoms with Gasteiger partial charge in [-0.2, -0.15) is 0 Å². The van der Waals surface area contributed by atoms with E-state index < -0.39 is 0 Å². The topological polar surface area (TPSA) is 59.1 Å². The zero-order chi connectivity index (χ0) is 13.3. The van der Waals surface area contributed by atoms with Gasteiger partial charge in [-0.25, -0.2) is 4.98 Å². The third-order valence-electron chi connectivity index (χ3n) is 2.47. The van der Waals surface area contributed by atoms with E-state index >= 15 is 0 Å². The minimum Gasteiger partial charge on any atom is -0.392 e. The molecule has 18 heavy (non-hydrogen) atoms. The molecule has 0 aliphatic rings. The Hall–Kier alpha value is -1.000. The Bertz CT molecular complexity index is 602. The molecule has 1 heterocycles. The van der Waals surface area contributed by atoms with Crippen LogP contribution in [0.3, 0.4) is 0 Å². The molecule has 0 aliphatic heterocycles. The number of aliphatic hydroxyl groups excluding tert-OH is 1. The summed E-state index contributed by atoms with van der Waals surface area (Å²) >= 11 is 18.2. The van der Waals surface area contributed by atoms with Crippen LogP contribution in [0.2, 0.25) is 15.1 Å². The van der Waals surface area contributed by atoms with Gasteiger partial charge in [-0.3, -0.25) is 0 Å². The van der Waals surface area contributed by atoms with Gasteiger partial charge in [-0.1, -0.05) is 34.8 Å². The summed E-state index contributed by atoms with van der Waals surface area (Å²) in [6.07, 6.45) is 1.49. The number of nitrogens with two attached hydrogens (primary N) is 1. The van der Waals surface area contributed by atoms with E-state index in [2.05, 4.69) is 4.98 Å². The summed E-state index contributed by atoms with van der Waals surface area (Å²) in [6, 6.07) is 4.93. The third-order valence-corrected chi connectivity index (χ3v) is 3.59. The molecule has 1 aromatic heterocycles. The van der Waals surface area contributed by atoms with Gasteiger partial charge in [0.15, 0.2) is 0 Å². The Morgan fingerprint density at radius 1 is 1.17 bits per heavy atom. The van der Waals surface area contributed by atoms with Crippen molar-refractivity contribution in [2.45, 2.75) is 6.61 Å². The fourth-order valence-electron chi connectivity index (χ4n) is 1.58. The van der Waals surface area contributed by atoms with Gasteiger partial charge < -0.3 is 10.8 Å². The van der Waals surface area contributed by atoms with Crippen LogP contribution in [0.5, 0.6) is 0 Å². The number of nitrogen functional groups attached to an aromatic ring is 1. The molecule has 2 aromatic rings. The van der Waals surface area contributed by atoms with E-state index in [0.29, 0.717) is 31.8 Å². The molecule has 94 valence electrons. The second-order valence-electron chi connectivity index (χ2n) is 3.65. The van der Waals surface area contributed by atoms with E-state index in [4.69, 9.17) is 45.6 Å². The standard InChI is InChI=1S/C12H9Cl3N2O/c13-8-1-2-9(14)11(15)10(8)7-3-6(5-18)4-17-12(7)16/h1-4,18H,5H2,(H2,16,17). The molecule has 0 radical (unpaired) electrons. The Labute approximate surface area is 119 Å². The molecule has 0 saturated carbocycles. The molecule has 0 saturated heterocycles. The maximum atomic E-state index is 9.12. The maximum Gasteiger partial charge on any atom is 0.131 e. The van der Waals surface area contributed by atoms with E-state index in [1.54, 1.807) is 18.2 Å². The van der Waals surface area contributed by atoms with Crippen molar-refractivity contribution in [2.24, 2.45) is 0 Å². The highest BCUT2D eigenvalue weighted by Gasteiger charge is 2.15. The molecule has 0 spiro atoms. The molecular weight excluding hydrogens is 295 g/mol. The summed E-state index contributed by atoms with van der Waals surface area (Å²) in [6.45, 7) is -0.143. The Kier molecular flexibility index (Phi) is 3.97. The zero-order valence-electron chi connectivity index (χ0n) is 9.12. The summed E-state index contributed by atoms with van der Waals surface area (Å²) in [5, 5.41) is 10.2. The highest BCUT2D eigenvalue weighted by molar-refractivity contribution is 6.46. The monoisotopic (exact) mass is 302 g/mol. The van der Waals surface area contributed by atoms with Crippen molar-refractivity contribution in [3.8, 4) is 11.1 Å². The molecule has 3 N–H and O–H groups in total. The molecule has 0 aliphatic carbocycles. The molecule has 0 unspecified atom stereocenters. The number of aliphatic hydroxyl groups is 1. The predicted octanol–water partition coefficient (Wildman–Crippen LogP) is 3.78. The van der Waals surface area contributed by atoms with Crippen LogP contribution in [-0.4, -0.2) is 10.1 Å². The van der Waals surface area contributed by atoms with Crippen LogP contribution in [0, 0.1) is 0 Å². The summed E-state index contributed by atoms with van der Waals surface area (Å²) in [5.41, 5.74) is 7.50. The van der Waals surface area contributed by atoms with E-state index in [1.807, 2.05) is 0 Å². The largest absolute Gasteiger partial charge is 0.392 e. The van der Waals surface area contributed by atoms with Crippen molar-refractivity contribution in [1.29, 1.82) is 0 Å². The van der Waals surface area contributed by atoms with Gasteiger partial charge in [0.25, 0.3) is 0 Å². The first kappa shape index (κ1) is 13.4. The number of pyridine rings is 1. The van der Waals surface area contributed by atoms with E-state index in [1.165, 1.54) is 6.20 Å². The molecule has 0 bridgehead atoms. The Morgan fingerprint density at radius 2 is 1.83 bits per heavy atom. The highest BCUT2D eigenvalue weighted by atomic mass is 35.5. The van der Waals surface area contributed by atoms with Crippen molar-refractivity contribution < 1.29 is 5.11 Å². The number of hydrogen-bond donors (Lipinski definition) is 2. The number of anilines is 1. The van der Waals surface area contributed by atoms with Crippen molar-refractivity contribution in [2.75, 3.05) is 5.73 Å². The molecule has 6 heteroatoms. The van der Waals surface area contributed by atoms with Crippen LogP contribution in [0.25, 0.3) is 11.1 Å². The lowest BCUT2D eigenvalue weighted by Gasteiger charge is -2.11. The average Bonchev–Trinajstić information content (AvgIpc) is 2.36. The number of halogens is 3. The van der Waals surface area contributed by atoms with Crippen molar-refractivity contribution in [3.05, 3.63) is 45.0 Å². The van der Waals surface area contributed by atoms with Crippen LogP contribution in [0.1, 0.15) is 5.56 Å². The van der Waals surface area contributed by atoms with Crippen LogP contribution in [0.4, 0.5) is 5.82 Å². The molecule has 2 rings (SSSR count). The lowest BCUT2D eigenvalue weighted by Crippen LogP contribution is -1.97. The number of aromatic nitrogens is 1. The van der Waals surface area contributed by atoms with Crippen LogP contribution < -0.4 is 5.73 Å². The predicted molar refractivity (Wildman–Crippen MR) is 75.0 cm³/mol. The molecule has 1 aromatic carbocycles. The SMILES string of the molecule is Nc1ncc(CO)cc1-c1c(Cl)ccc(Cl)c1Cl. The number of hydrogen-bond acceptors (Lipinski definition) is 3. The van der Waals surface area contributed by atoms with Gasteiger partial charge in [-0.15, -0.1) is 0 Å². The second-order valence-corrected chi connectivity index (χ2v) is 4.85. The lowest BCUT2D eigenvalue weighted by atomic mass is 10.0. The number of benzene rings is 1. The Morgan fingerprint density at radius 3 is 2.50 bits per heavy atom. The smallest absolute Gasteiger partial charge is 0.131 e. The van der Waals surface area contributed by atoms with Crippen molar-refractivity contribution in [3.63, 3.8) is 0 Å². The van der Waals surface area contributed by atoms with E-state index in [0.717, 1.165) is 0 Å². The van der Waals surface area contributed by atoms with Crippen LogP contribution in [-0.2, 0) is 6.61 Å². The van der Waals surface area contributed by atoms with Gasteiger partial charge in [0, 0.05) is 17.3 Å². The third kappa shape index (κ3) is 2.40. The number of nitrogens with zero attached hydrogens (tertiary/aromatic N) is 1. The second kappa shape index (κ2) is 5.33. The van der Waals surface area contributed by atoms with Gasteiger partial charge >= 0.3 is 0 Å². The van der Waals surface area contributed by atoms with E-state index in [-0.39, 0.29) is 12.4 Å². The fourth-order valence-corrected chi connectivity index (χ4v) is 2.31. The average molecular weight is 304 g/mol. The fraction of sp³-hybridized carbons (Fsp3) is 0.0833. The quantitative estimate of drug-likeness (QED) is 0.830. The lowest BCUT2D eigenvalue weighted by molar-refractivity contribution is 0.281. The van der Waals surface area contributed by atoms with Crippen molar-refractivity contribution in [1.82, 2.24) is 4.98 Å². The summed E-state index contributed by atoms with van der Waals surface area (Å²) in [4.78, 5) is 4.00. The van der Waals surface area contributed by atoms with Crippen molar-refractivity contribution >= 4 is 40.6 Å². The number of rotatable bonds is 2. The minimum absolute atomic E-state index is 0.143. The van der Waals surface area contributed by atoms with Gasteiger partial charge in [0.1, 0.15) is 5.82 Å². The normalized spacial score (nSPS) is 10.7. The van der Waals surface area contributed by atoms with Gasteiger partial charge in [0.2, 0.25) is 0 Å². The highest BCUT2D eigenvalue weighted by Crippen LogP contribution is 2.40. The first-order chi connectivity index (χ1) is 8.54. The maximum absolute atomic E-state index is 9.12. The van der Waals surface area contributed by atoms with Gasteiger partial charge in [-0.05, 0) is 23.8 Å². The molecule has 3 nitrogen and oxygen atoms in total. The Balaban J connectivity index is 2.72. The van der Waals surface area contributed by atoms with Gasteiger partial charge in [0.05, 0.1) is 21.7 Å². The summed E-state index contributed by atoms with van der Waals surface area (Å²) in [7, 11) is 0. The zero-order valence-corrected chi connectivity index (χ0v) is 11.4. The molecule has 0 amide bonds. The summed E-state index contributed by atoms with van der Waals surface area (Å²) < 4.78 is 0. The first-order valence-electron chi connectivity index (χ1n) is 5.03. The van der Waals surface area contributed by atoms with Crippen LogP contribution in [0.15, 0.2) is 24.4 Å². The minimum atomic E-state index is -0.143. The summed E-state index contributed by atoms with van der Waals surface area (Å²) in [5.74, 6) is 0.276. The molecule has 0 fully saturated rings. The van der Waals surface area contributed by atoms with Crippen LogP contribution >= 0.6 is 34.8 Å². The van der Waals surface area contributed by atoms with E-state index in [9.17, 15) is 0 Å². The molecular formula is C12H9Cl3N2O. The molecule has 0 atom stereocenters.